The highest BCUT2D eigenvalue weighted by molar-refractivity contribution is 5.95. The van der Waals surface area contributed by atoms with Crippen molar-refractivity contribution in [2.24, 2.45) is 5.84 Å². The normalized spacial score (nSPS) is 16.7. The van der Waals surface area contributed by atoms with Crippen molar-refractivity contribution < 1.29 is 30.0 Å². The Kier molecular flexibility index (Phi) is 5.94. The molecule has 1 aromatic rings. The predicted molar refractivity (Wildman–Crippen MR) is 72.9 cm³/mol. The zero-order chi connectivity index (χ0) is 16.2. The van der Waals surface area contributed by atoms with Crippen molar-refractivity contribution in [2.45, 2.75) is 31.3 Å². The summed E-state index contributed by atoms with van der Waals surface area (Å²) in [4.78, 5) is 22.2. The molecule has 0 unspecified atom stereocenters. The van der Waals surface area contributed by atoms with Gasteiger partial charge in [0.2, 0.25) is 0 Å². The number of hydrogen-bond donors (Lipinski definition) is 5. The maximum absolute atomic E-state index is 11.9. The number of rotatable bonds is 6. The van der Waals surface area contributed by atoms with E-state index < -0.39 is 30.3 Å². The molecule has 0 saturated carbocycles. The molecule has 0 saturated heterocycles. The van der Waals surface area contributed by atoms with E-state index in [2.05, 4.69) is 0 Å². The Bertz CT molecular complexity index is 509. The first-order valence-corrected chi connectivity index (χ1v) is 6.12. The molecule has 4 atom stereocenters. The van der Waals surface area contributed by atoms with Crippen molar-refractivity contribution in [1.82, 2.24) is 0 Å². The molecule has 21 heavy (non-hydrogen) atoms. The lowest BCUT2D eigenvalue weighted by Gasteiger charge is -2.26. The number of amides is 1. The maximum atomic E-state index is 11.9. The van der Waals surface area contributed by atoms with Gasteiger partial charge in [0.25, 0.3) is 5.91 Å². The number of hydrogen-bond acceptors (Lipinski definition) is 7. The number of aliphatic hydroxyl groups excluding tert-OH is 4. The van der Waals surface area contributed by atoms with Crippen LogP contribution in [0.1, 0.15) is 5.56 Å². The minimum atomic E-state index is -2.10. The zero-order valence-electron chi connectivity index (χ0n) is 11.3. The summed E-state index contributed by atoms with van der Waals surface area (Å²) in [5.74, 6) is 4.46. The van der Waals surface area contributed by atoms with Gasteiger partial charge in [0, 0.05) is 0 Å². The Morgan fingerprint density at radius 1 is 1.24 bits per heavy atom. The summed E-state index contributed by atoms with van der Waals surface area (Å²) >= 11 is 0. The Balaban J connectivity index is 2.84. The standard InChI is InChI=1S/C13H18N2O6/c1-7-3-2-4-8(5-7)15(14)13(21)12(20)11(19)10(18)9(17)6-16/h2-6,9-12,17-20H,14H2,1H3/t9-,10+,11-,12-/m0/s1. The van der Waals surface area contributed by atoms with E-state index in [1.807, 2.05) is 0 Å². The van der Waals surface area contributed by atoms with E-state index >= 15 is 0 Å². The first-order valence-electron chi connectivity index (χ1n) is 6.12. The van der Waals surface area contributed by atoms with Crippen LogP contribution in [0.25, 0.3) is 0 Å². The van der Waals surface area contributed by atoms with E-state index in [9.17, 15) is 24.9 Å². The Morgan fingerprint density at radius 3 is 2.38 bits per heavy atom. The van der Waals surface area contributed by atoms with Crippen molar-refractivity contribution in [3.05, 3.63) is 29.8 Å². The fourth-order valence-corrected chi connectivity index (χ4v) is 1.66. The molecular formula is C13H18N2O6. The van der Waals surface area contributed by atoms with Crippen LogP contribution < -0.4 is 10.9 Å². The lowest BCUT2D eigenvalue weighted by Crippen LogP contribution is -2.54. The van der Waals surface area contributed by atoms with Gasteiger partial charge in [-0.3, -0.25) is 4.79 Å². The van der Waals surface area contributed by atoms with Gasteiger partial charge in [0.15, 0.2) is 12.4 Å². The molecule has 8 heteroatoms. The molecule has 0 aliphatic carbocycles. The fraction of sp³-hybridized carbons (Fsp3) is 0.385. The number of nitrogens with two attached hydrogens (primary N) is 1. The number of aldehydes is 1. The van der Waals surface area contributed by atoms with Crippen LogP contribution in [0.5, 0.6) is 0 Å². The second-order valence-electron chi connectivity index (χ2n) is 4.60. The van der Waals surface area contributed by atoms with Crippen molar-refractivity contribution in [3.63, 3.8) is 0 Å². The summed E-state index contributed by atoms with van der Waals surface area (Å²) < 4.78 is 0. The maximum Gasteiger partial charge on any atom is 0.272 e. The first kappa shape index (κ1) is 17.2. The van der Waals surface area contributed by atoms with Crippen LogP contribution in [-0.4, -0.2) is 57.0 Å². The minimum absolute atomic E-state index is 0.0220. The first-order chi connectivity index (χ1) is 9.79. The largest absolute Gasteiger partial charge is 0.387 e. The molecule has 0 heterocycles. The van der Waals surface area contributed by atoms with Gasteiger partial charge in [0.1, 0.15) is 18.3 Å². The lowest BCUT2D eigenvalue weighted by molar-refractivity contribution is -0.147. The third kappa shape index (κ3) is 4.06. The highest BCUT2D eigenvalue weighted by Crippen LogP contribution is 2.15. The lowest BCUT2D eigenvalue weighted by atomic mass is 10.0. The second-order valence-corrected chi connectivity index (χ2v) is 4.60. The average molecular weight is 298 g/mol. The van der Waals surface area contributed by atoms with Crippen molar-refractivity contribution in [2.75, 3.05) is 5.01 Å². The van der Waals surface area contributed by atoms with Gasteiger partial charge in [-0.1, -0.05) is 12.1 Å². The van der Waals surface area contributed by atoms with E-state index in [1.54, 1.807) is 25.1 Å². The van der Waals surface area contributed by atoms with E-state index in [4.69, 9.17) is 10.9 Å². The van der Waals surface area contributed by atoms with E-state index in [0.29, 0.717) is 5.01 Å². The third-order valence-electron chi connectivity index (χ3n) is 2.93. The van der Waals surface area contributed by atoms with Gasteiger partial charge in [0.05, 0.1) is 5.69 Å². The Labute approximate surface area is 121 Å². The van der Waals surface area contributed by atoms with Gasteiger partial charge in [-0.25, -0.2) is 10.9 Å². The Hall–Kier alpha value is -1.84. The van der Waals surface area contributed by atoms with Crippen molar-refractivity contribution in [1.29, 1.82) is 0 Å². The van der Waals surface area contributed by atoms with Gasteiger partial charge in [-0.15, -0.1) is 0 Å². The third-order valence-corrected chi connectivity index (χ3v) is 2.93. The number of nitrogens with zero attached hydrogens (tertiary/aromatic N) is 1. The molecule has 6 N–H and O–H groups in total. The minimum Gasteiger partial charge on any atom is -0.387 e. The summed E-state index contributed by atoms with van der Waals surface area (Å²) in [7, 11) is 0. The molecule has 1 amide bonds. The summed E-state index contributed by atoms with van der Waals surface area (Å²) in [6.45, 7) is 1.78. The molecule has 0 aliphatic rings. The number of anilines is 1. The second kappa shape index (κ2) is 7.25. The quantitative estimate of drug-likeness (QED) is 0.174. The molecule has 1 aromatic carbocycles. The Morgan fingerprint density at radius 2 is 1.86 bits per heavy atom. The van der Waals surface area contributed by atoms with Crippen LogP contribution in [0.4, 0.5) is 5.69 Å². The van der Waals surface area contributed by atoms with Crippen molar-refractivity contribution >= 4 is 17.9 Å². The highest BCUT2D eigenvalue weighted by atomic mass is 16.4. The van der Waals surface area contributed by atoms with E-state index in [1.165, 1.54) is 6.07 Å². The van der Waals surface area contributed by atoms with Gasteiger partial charge < -0.3 is 25.2 Å². The highest BCUT2D eigenvalue weighted by Gasteiger charge is 2.36. The van der Waals surface area contributed by atoms with Gasteiger partial charge in [-0.2, -0.15) is 0 Å². The summed E-state index contributed by atoms with van der Waals surface area (Å²) in [5, 5.41) is 38.4. The van der Waals surface area contributed by atoms with E-state index in [-0.39, 0.29) is 12.0 Å². The number of benzene rings is 1. The number of carbonyl (C=O) groups excluding carboxylic acids is 2. The van der Waals surface area contributed by atoms with Gasteiger partial charge in [-0.05, 0) is 24.6 Å². The molecule has 1 rings (SSSR count). The monoisotopic (exact) mass is 298 g/mol. The average Bonchev–Trinajstić information content (AvgIpc) is 2.50. The molecule has 8 nitrogen and oxygen atoms in total. The molecule has 0 bridgehead atoms. The molecular weight excluding hydrogens is 280 g/mol. The molecule has 0 radical (unpaired) electrons. The predicted octanol–water partition coefficient (Wildman–Crippen LogP) is -2.16. The van der Waals surface area contributed by atoms with Crippen LogP contribution in [0, 0.1) is 6.92 Å². The topological polar surface area (TPSA) is 144 Å². The van der Waals surface area contributed by atoms with Gasteiger partial charge >= 0.3 is 0 Å². The smallest absolute Gasteiger partial charge is 0.272 e. The molecule has 0 aromatic heterocycles. The zero-order valence-corrected chi connectivity index (χ0v) is 11.3. The summed E-state index contributed by atoms with van der Waals surface area (Å²) in [5.41, 5.74) is 1.10. The van der Waals surface area contributed by atoms with Crippen LogP contribution in [0.2, 0.25) is 0 Å². The number of aryl methyl sites for hydroxylation is 1. The van der Waals surface area contributed by atoms with Crippen LogP contribution in [0.3, 0.4) is 0 Å². The summed E-state index contributed by atoms with van der Waals surface area (Å²) in [6, 6.07) is 6.51. The number of carbonyl (C=O) groups is 2. The van der Waals surface area contributed by atoms with Crippen molar-refractivity contribution in [3.8, 4) is 0 Å². The molecule has 116 valence electrons. The molecule has 0 aliphatic heterocycles. The number of aliphatic hydroxyl groups is 4. The molecule has 0 spiro atoms. The van der Waals surface area contributed by atoms with Crippen LogP contribution in [-0.2, 0) is 9.59 Å². The fourth-order valence-electron chi connectivity index (χ4n) is 1.66. The van der Waals surface area contributed by atoms with Crippen LogP contribution >= 0.6 is 0 Å². The summed E-state index contributed by atoms with van der Waals surface area (Å²) in [6.07, 6.45) is -8.11. The van der Waals surface area contributed by atoms with E-state index in [0.717, 1.165) is 5.56 Å². The van der Waals surface area contributed by atoms with Crippen LogP contribution in [0.15, 0.2) is 24.3 Å². The molecule has 0 fully saturated rings. The number of hydrazine groups is 1. The SMILES string of the molecule is Cc1cccc(N(N)C(=O)[C@@H](O)[C@@H](O)[C@H](O)[C@@H](O)C=O)c1.